The van der Waals surface area contributed by atoms with Gasteiger partial charge in [-0.15, -0.1) is 0 Å². The molecule has 0 radical (unpaired) electrons. The average molecular weight is 535 g/mol. The van der Waals surface area contributed by atoms with Gasteiger partial charge in [-0.3, -0.25) is 4.79 Å². The highest BCUT2D eigenvalue weighted by Crippen LogP contribution is 2.54. The average Bonchev–Trinajstić information content (AvgIpc) is 3.42. The molecule has 1 unspecified atom stereocenters. The van der Waals surface area contributed by atoms with Gasteiger partial charge in [0.25, 0.3) is 5.56 Å². The van der Waals surface area contributed by atoms with Crippen LogP contribution < -0.4 is 19.8 Å². The Balaban J connectivity index is 1.10. The first-order valence-corrected chi connectivity index (χ1v) is 13.4. The van der Waals surface area contributed by atoms with Crippen LogP contribution in [0.1, 0.15) is 35.8 Å². The standard InChI is InChI=1S/C32H26N2O6/c1-4-32-13-28(32)39-16-23-24(32)12-26-29-19(14-34(26)31(23)35)7-17-8-20(5-6-25(17)33-29)38-15-22-10-18-9-21(36-2)11-27(37-3)30(18)40-22/h5-13H,4,14-16H2,1-3H3. The highest BCUT2D eigenvalue weighted by molar-refractivity contribution is 5.86. The van der Waals surface area contributed by atoms with E-state index in [4.69, 9.17) is 28.3 Å². The van der Waals surface area contributed by atoms with Crippen molar-refractivity contribution in [2.24, 2.45) is 0 Å². The van der Waals surface area contributed by atoms with Gasteiger partial charge in [-0.25, -0.2) is 4.98 Å². The summed E-state index contributed by atoms with van der Waals surface area (Å²) in [5.41, 5.74) is 5.92. The molecule has 8 heteroatoms. The van der Waals surface area contributed by atoms with E-state index < -0.39 is 0 Å². The molecule has 8 nitrogen and oxygen atoms in total. The maximum Gasteiger partial charge on any atom is 0.258 e. The Labute approximate surface area is 229 Å². The molecule has 1 aliphatic carbocycles. The van der Waals surface area contributed by atoms with Crippen molar-refractivity contribution in [3.8, 4) is 28.6 Å². The fourth-order valence-corrected chi connectivity index (χ4v) is 6.21. The number of hydrogen-bond donors (Lipinski definition) is 0. The third kappa shape index (κ3) is 3.19. The SMILES string of the molecule is CCC12C=C1OCc1c2cc2n(c1=O)Cc1cc3cc(OCc4cc5cc(OC)cc(OC)c5o4)ccc3nc1-2. The van der Waals surface area contributed by atoms with Crippen LogP contribution in [0.4, 0.5) is 0 Å². The molecule has 1 atom stereocenters. The van der Waals surface area contributed by atoms with Crippen molar-refractivity contribution < 1.29 is 23.4 Å². The van der Waals surface area contributed by atoms with Crippen LogP contribution >= 0.6 is 0 Å². The van der Waals surface area contributed by atoms with Crippen LogP contribution in [0, 0.1) is 0 Å². The lowest BCUT2D eigenvalue weighted by Crippen LogP contribution is -2.31. The number of nitrogens with zero attached hydrogens (tertiary/aromatic N) is 2. The Bertz CT molecular complexity index is 1980. The lowest BCUT2D eigenvalue weighted by molar-refractivity contribution is 0.176. The van der Waals surface area contributed by atoms with Crippen LogP contribution in [0.15, 0.2) is 69.6 Å². The fraction of sp³-hybridized carbons (Fsp3) is 0.250. The molecule has 5 heterocycles. The Morgan fingerprint density at radius 2 is 1.90 bits per heavy atom. The molecule has 0 spiro atoms. The summed E-state index contributed by atoms with van der Waals surface area (Å²) < 4.78 is 30.6. The van der Waals surface area contributed by atoms with Gasteiger partial charge < -0.3 is 27.9 Å². The molecule has 200 valence electrons. The molecule has 0 bridgehead atoms. The zero-order chi connectivity index (χ0) is 27.2. The van der Waals surface area contributed by atoms with Crippen molar-refractivity contribution >= 4 is 21.9 Å². The topological polar surface area (TPSA) is 85.0 Å². The molecule has 8 rings (SSSR count). The van der Waals surface area contributed by atoms with Gasteiger partial charge in [0.05, 0.1) is 48.6 Å². The summed E-state index contributed by atoms with van der Waals surface area (Å²) in [6.45, 7) is 3.22. The van der Waals surface area contributed by atoms with Crippen molar-refractivity contribution in [2.45, 2.75) is 38.5 Å². The number of fused-ring (bicyclic) bond motifs is 8. The van der Waals surface area contributed by atoms with E-state index in [0.717, 1.165) is 56.5 Å². The van der Waals surface area contributed by atoms with E-state index in [-0.39, 0.29) is 17.6 Å². The number of hydrogen-bond acceptors (Lipinski definition) is 7. The Morgan fingerprint density at radius 1 is 1.02 bits per heavy atom. The first-order chi connectivity index (χ1) is 19.5. The Morgan fingerprint density at radius 3 is 2.73 bits per heavy atom. The quantitative estimate of drug-likeness (QED) is 0.265. The van der Waals surface area contributed by atoms with Gasteiger partial charge in [-0.05, 0) is 60.5 Å². The van der Waals surface area contributed by atoms with Gasteiger partial charge >= 0.3 is 0 Å². The summed E-state index contributed by atoms with van der Waals surface area (Å²) in [5.74, 6) is 3.68. The van der Waals surface area contributed by atoms with Crippen molar-refractivity contribution in [2.75, 3.05) is 14.2 Å². The molecule has 0 N–H and O–H groups in total. The number of aromatic nitrogens is 2. The number of ether oxygens (including phenoxy) is 4. The van der Waals surface area contributed by atoms with Gasteiger partial charge in [0.2, 0.25) is 0 Å². The van der Waals surface area contributed by atoms with Gasteiger partial charge in [0.15, 0.2) is 11.3 Å². The highest BCUT2D eigenvalue weighted by atomic mass is 16.5. The molecular weight excluding hydrogens is 508 g/mol. The molecular formula is C32H26N2O6. The Hall–Kier alpha value is -4.72. The lowest BCUT2D eigenvalue weighted by atomic mass is 9.85. The van der Waals surface area contributed by atoms with Crippen LogP contribution in [0.25, 0.3) is 33.3 Å². The largest absolute Gasteiger partial charge is 0.497 e. The first kappa shape index (κ1) is 23.2. The second-order valence-electron chi connectivity index (χ2n) is 10.5. The Kier molecular flexibility index (Phi) is 4.72. The van der Waals surface area contributed by atoms with Crippen molar-refractivity contribution in [3.05, 3.63) is 93.2 Å². The van der Waals surface area contributed by atoms with Crippen LogP contribution in [-0.4, -0.2) is 23.8 Å². The van der Waals surface area contributed by atoms with Gasteiger partial charge in [0, 0.05) is 22.4 Å². The fourth-order valence-electron chi connectivity index (χ4n) is 6.21. The minimum absolute atomic E-state index is 0.0193. The number of pyridine rings is 2. The summed E-state index contributed by atoms with van der Waals surface area (Å²) in [6.07, 6.45) is 3.02. The van der Waals surface area contributed by atoms with E-state index in [9.17, 15) is 4.79 Å². The minimum atomic E-state index is -0.217. The summed E-state index contributed by atoms with van der Waals surface area (Å²) in [6, 6.07) is 15.7. The molecule has 0 saturated heterocycles. The first-order valence-electron chi connectivity index (χ1n) is 13.4. The predicted octanol–water partition coefficient (Wildman–Crippen LogP) is 5.84. The van der Waals surface area contributed by atoms with E-state index in [1.807, 2.05) is 34.9 Å². The lowest BCUT2D eigenvalue weighted by Gasteiger charge is -2.26. The number of allylic oxidation sites excluding steroid dienone is 2. The van der Waals surface area contributed by atoms with Crippen LogP contribution in [0.2, 0.25) is 0 Å². The van der Waals surface area contributed by atoms with Crippen LogP contribution in [0.3, 0.4) is 0 Å². The molecule has 5 aromatic rings. The minimum Gasteiger partial charge on any atom is -0.497 e. The van der Waals surface area contributed by atoms with E-state index in [0.29, 0.717) is 41.7 Å². The number of rotatable bonds is 6. The molecule has 0 fully saturated rings. The second-order valence-corrected chi connectivity index (χ2v) is 10.5. The van der Waals surface area contributed by atoms with E-state index in [2.05, 4.69) is 25.1 Å². The molecule has 0 amide bonds. The smallest absolute Gasteiger partial charge is 0.258 e. The van der Waals surface area contributed by atoms with Crippen LogP contribution in [0.5, 0.6) is 17.2 Å². The monoisotopic (exact) mass is 534 g/mol. The van der Waals surface area contributed by atoms with Crippen LogP contribution in [-0.2, 0) is 29.9 Å². The third-order valence-corrected chi connectivity index (χ3v) is 8.42. The summed E-state index contributed by atoms with van der Waals surface area (Å²) in [4.78, 5) is 18.5. The molecule has 3 aromatic heterocycles. The predicted molar refractivity (Wildman–Crippen MR) is 149 cm³/mol. The van der Waals surface area contributed by atoms with E-state index in [1.165, 1.54) is 0 Å². The maximum absolute atomic E-state index is 13.5. The number of benzene rings is 2. The summed E-state index contributed by atoms with van der Waals surface area (Å²) in [7, 11) is 3.22. The van der Waals surface area contributed by atoms with Gasteiger partial charge in [-0.2, -0.15) is 0 Å². The molecule has 2 aromatic carbocycles. The number of furan rings is 1. The maximum atomic E-state index is 13.5. The van der Waals surface area contributed by atoms with Gasteiger partial charge in [-0.1, -0.05) is 6.92 Å². The van der Waals surface area contributed by atoms with Crippen molar-refractivity contribution in [1.82, 2.24) is 9.55 Å². The third-order valence-electron chi connectivity index (χ3n) is 8.42. The van der Waals surface area contributed by atoms with E-state index >= 15 is 0 Å². The molecule has 40 heavy (non-hydrogen) atoms. The zero-order valence-electron chi connectivity index (χ0n) is 22.4. The van der Waals surface area contributed by atoms with Crippen molar-refractivity contribution in [1.29, 1.82) is 0 Å². The summed E-state index contributed by atoms with van der Waals surface area (Å²) >= 11 is 0. The normalized spacial score (nSPS) is 17.9. The molecule has 2 aliphatic heterocycles. The molecule has 0 saturated carbocycles. The van der Waals surface area contributed by atoms with Gasteiger partial charge in [0.1, 0.15) is 36.2 Å². The highest BCUT2D eigenvalue weighted by Gasteiger charge is 2.51. The van der Waals surface area contributed by atoms with E-state index in [1.54, 1.807) is 20.3 Å². The zero-order valence-corrected chi connectivity index (χ0v) is 22.4. The van der Waals surface area contributed by atoms with Crippen molar-refractivity contribution in [3.63, 3.8) is 0 Å². The summed E-state index contributed by atoms with van der Waals surface area (Å²) in [5, 5.41) is 1.84. The molecule has 3 aliphatic rings. The second kappa shape index (κ2) is 8.14. The number of methoxy groups -OCH3 is 2.